The summed E-state index contributed by atoms with van der Waals surface area (Å²) in [6.07, 6.45) is -0.217. The highest BCUT2D eigenvalue weighted by atomic mass is 16.6. The van der Waals surface area contributed by atoms with Gasteiger partial charge in [0.15, 0.2) is 0 Å². The lowest BCUT2D eigenvalue weighted by molar-refractivity contribution is -0.383. The monoisotopic (exact) mass is 272 g/mol. The lowest BCUT2D eigenvalue weighted by atomic mass is 10.1. The fourth-order valence-corrected chi connectivity index (χ4v) is 1.98. The molecule has 0 atom stereocenters. The molecule has 6 nitrogen and oxygen atoms in total. The molecule has 102 valence electrons. The van der Waals surface area contributed by atoms with Gasteiger partial charge in [0.25, 0.3) is 5.69 Å². The predicted molar refractivity (Wildman–Crippen MR) is 74.5 cm³/mol. The summed E-state index contributed by atoms with van der Waals surface area (Å²) in [6.45, 7) is 1.33. The van der Waals surface area contributed by atoms with Gasteiger partial charge in [0.05, 0.1) is 16.7 Å². The van der Waals surface area contributed by atoms with Gasteiger partial charge in [-0.25, -0.2) is 0 Å². The van der Waals surface area contributed by atoms with Gasteiger partial charge >= 0.3 is 0 Å². The van der Waals surface area contributed by atoms with Gasteiger partial charge < -0.3 is 5.32 Å². The molecule has 6 heteroatoms. The van der Waals surface area contributed by atoms with Crippen molar-refractivity contribution in [3.63, 3.8) is 0 Å². The van der Waals surface area contributed by atoms with Crippen molar-refractivity contribution in [1.29, 1.82) is 0 Å². The average molecular weight is 272 g/mol. The maximum atomic E-state index is 11.6. The molecule has 0 spiro atoms. The highest BCUT2D eigenvalue weighted by Crippen LogP contribution is 2.30. The Labute approximate surface area is 114 Å². The zero-order valence-corrected chi connectivity index (χ0v) is 10.8. The van der Waals surface area contributed by atoms with Crippen LogP contribution >= 0.6 is 0 Å². The Hall–Kier alpha value is -2.76. The molecule has 0 aliphatic heterocycles. The summed E-state index contributed by atoms with van der Waals surface area (Å²) in [7, 11) is 0. The summed E-state index contributed by atoms with van der Waals surface area (Å²) in [5.74, 6) is -0.676. The van der Waals surface area contributed by atoms with Crippen LogP contribution in [0.25, 0.3) is 10.8 Å². The SMILES string of the molecule is CC(=O)CC(=O)Nc1cccc2c([N+](=O)[O-])cccc12. The standard InChI is InChI=1S/C14H12N2O4/c1-9(17)8-14(18)15-12-6-2-5-11-10(12)4-3-7-13(11)16(19)20/h2-7H,8H2,1H3,(H,15,18). The molecule has 0 radical (unpaired) electrons. The molecule has 2 aromatic carbocycles. The predicted octanol–water partition coefficient (Wildman–Crippen LogP) is 2.67. The molecular weight excluding hydrogens is 260 g/mol. The molecule has 1 amide bonds. The number of benzene rings is 2. The van der Waals surface area contributed by atoms with E-state index in [4.69, 9.17) is 0 Å². The van der Waals surface area contributed by atoms with Crippen LogP contribution in [0.15, 0.2) is 36.4 Å². The number of anilines is 1. The van der Waals surface area contributed by atoms with Gasteiger partial charge in [-0.1, -0.05) is 18.2 Å². The smallest absolute Gasteiger partial charge is 0.277 e. The quantitative estimate of drug-likeness (QED) is 0.526. The van der Waals surface area contributed by atoms with Crippen molar-refractivity contribution in [1.82, 2.24) is 0 Å². The number of carbonyl (C=O) groups is 2. The number of ketones is 1. The summed E-state index contributed by atoms with van der Waals surface area (Å²) >= 11 is 0. The van der Waals surface area contributed by atoms with E-state index in [1.54, 1.807) is 30.3 Å². The topological polar surface area (TPSA) is 89.3 Å². The van der Waals surface area contributed by atoms with Gasteiger partial charge in [-0.05, 0) is 19.1 Å². The minimum Gasteiger partial charge on any atom is -0.325 e. The number of Topliss-reactive ketones (excluding diaryl/α,β-unsaturated/α-hetero) is 1. The third-order valence-corrected chi connectivity index (χ3v) is 2.78. The summed E-state index contributed by atoms with van der Waals surface area (Å²) < 4.78 is 0. The van der Waals surface area contributed by atoms with Crippen LogP contribution in [0, 0.1) is 10.1 Å². The van der Waals surface area contributed by atoms with E-state index < -0.39 is 10.8 Å². The molecule has 0 bridgehead atoms. The minimum absolute atomic E-state index is 0.0230. The number of nitrogens with zero attached hydrogens (tertiary/aromatic N) is 1. The molecule has 0 aliphatic carbocycles. The van der Waals surface area contributed by atoms with E-state index in [2.05, 4.69) is 5.32 Å². The maximum Gasteiger partial charge on any atom is 0.277 e. The first-order valence-corrected chi connectivity index (χ1v) is 5.94. The van der Waals surface area contributed by atoms with Gasteiger partial charge in [0.2, 0.25) is 5.91 Å². The van der Waals surface area contributed by atoms with Crippen LogP contribution in [0.4, 0.5) is 11.4 Å². The zero-order chi connectivity index (χ0) is 14.7. The second-order valence-corrected chi connectivity index (χ2v) is 4.36. The van der Waals surface area contributed by atoms with Crippen molar-refractivity contribution in [2.24, 2.45) is 0 Å². The lowest BCUT2D eigenvalue weighted by Crippen LogP contribution is -2.14. The number of nitro groups is 1. The Bertz CT molecular complexity index is 709. The van der Waals surface area contributed by atoms with Crippen LogP contribution in [0.1, 0.15) is 13.3 Å². The number of hydrogen-bond donors (Lipinski definition) is 1. The van der Waals surface area contributed by atoms with Crippen LogP contribution in [-0.2, 0) is 9.59 Å². The number of rotatable bonds is 4. The fraction of sp³-hybridized carbons (Fsp3) is 0.143. The van der Waals surface area contributed by atoms with Crippen LogP contribution < -0.4 is 5.32 Å². The molecule has 0 saturated carbocycles. The number of hydrogen-bond acceptors (Lipinski definition) is 4. The number of amides is 1. The fourth-order valence-electron chi connectivity index (χ4n) is 1.98. The highest BCUT2D eigenvalue weighted by molar-refractivity contribution is 6.09. The molecule has 20 heavy (non-hydrogen) atoms. The summed E-state index contributed by atoms with van der Waals surface area (Å²) in [4.78, 5) is 33.0. The molecular formula is C14H12N2O4. The maximum absolute atomic E-state index is 11.6. The van der Waals surface area contributed by atoms with E-state index in [9.17, 15) is 19.7 Å². The normalized spacial score (nSPS) is 10.2. The van der Waals surface area contributed by atoms with Crippen molar-refractivity contribution >= 4 is 33.8 Å². The number of carbonyl (C=O) groups excluding carboxylic acids is 2. The second kappa shape index (κ2) is 5.48. The summed E-state index contributed by atoms with van der Waals surface area (Å²) in [6, 6.07) is 9.53. The van der Waals surface area contributed by atoms with Crippen LogP contribution in [0.5, 0.6) is 0 Å². The molecule has 0 heterocycles. The van der Waals surface area contributed by atoms with E-state index in [0.29, 0.717) is 16.5 Å². The van der Waals surface area contributed by atoms with Gasteiger partial charge in [-0.2, -0.15) is 0 Å². The summed E-state index contributed by atoms with van der Waals surface area (Å²) in [5, 5.41) is 14.6. The van der Waals surface area contributed by atoms with Gasteiger partial charge in [0.1, 0.15) is 5.78 Å². The van der Waals surface area contributed by atoms with Gasteiger partial charge in [-0.15, -0.1) is 0 Å². The van der Waals surface area contributed by atoms with Crippen molar-refractivity contribution in [2.75, 3.05) is 5.32 Å². The van der Waals surface area contributed by atoms with E-state index in [1.807, 2.05) is 0 Å². The van der Waals surface area contributed by atoms with Crippen molar-refractivity contribution in [2.45, 2.75) is 13.3 Å². The van der Waals surface area contributed by atoms with E-state index in [-0.39, 0.29) is 17.9 Å². The molecule has 2 rings (SSSR count). The Morgan fingerprint density at radius 1 is 1.15 bits per heavy atom. The first-order valence-electron chi connectivity index (χ1n) is 5.94. The molecule has 0 aromatic heterocycles. The largest absolute Gasteiger partial charge is 0.325 e. The van der Waals surface area contributed by atoms with Crippen LogP contribution in [0.2, 0.25) is 0 Å². The van der Waals surface area contributed by atoms with Crippen molar-refractivity contribution in [3.05, 3.63) is 46.5 Å². The van der Waals surface area contributed by atoms with Crippen molar-refractivity contribution in [3.8, 4) is 0 Å². The second-order valence-electron chi connectivity index (χ2n) is 4.36. The third kappa shape index (κ3) is 2.80. The lowest BCUT2D eigenvalue weighted by Gasteiger charge is -2.08. The molecule has 0 saturated heterocycles. The van der Waals surface area contributed by atoms with Crippen LogP contribution in [0.3, 0.4) is 0 Å². The van der Waals surface area contributed by atoms with E-state index in [0.717, 1.165) is 0 Å². The molecule has 1 N–H and O–H groups in total. The third-order valence-electron chi connectivity index (χ3n) is 2.78. The van der Waals surface area contributed by atoms with E-state index in [1.165, 1.54) is 13.0 Å². The first-order chi connectivity index (χ1) is 9.49. The van der Waals surface area contributed by atoms with Crippen LogP contribution in [-0.4, -0.2) is 16.6 Å². The van der Waals surface area contributed by atoms with Crippen molar-refractivity contribution < 1.29 is 14.5 Å². The summed E-state index contributed by atoms with van der Waals surface area (Å²) in [5.41, 5.74) is 0.433. The minimum atomic E-state index is -0.469. The number of nitro benzene ring substituents is 1. The average Bonchev–Trinajstić information content (AvgIpc) is 2.37. The number of non-ortho nitro benzene ring substituents is 1. The Morgan fingerprint density at radius 3 is 2.45 bits per heavy atom. The number of fused-ring (bicyclic) bond motifs is 1. The Kier molecular flexibility index (Phi) is 3.74. The Balaban J connectivity index is 2.45. The van der Waals surface area contributed by atoms with E-state index >= 15 is 0 Å². The zero-order valence-electron chi connectivity index (χ0n) is 10.8. The molecule has 0 aliphatic rings. The first kappa shape index (κ1) is 13.7. The van der Waals surface area contributed by atoms with Gasteiger partial charge in [-0.3, -0.25) is 19.7 Å². The molecule has 0 fully saturated rings. The Morgan fingerprint density at radius 2 is 1.80 bits per heavy atom. The molecule has 2 aromatic rings. The molecule has 0 unspecified atom stereocenters. The number of nitrogens with one attached hydrogen (secondary N) is 1. The van der Waals surface area contributed by atoms with Gasteiger partial charge in [0, 0.05) is 17.1 Å². The highest BCUT2D eigenvalue weighted by Gasteiger charge is 2.14.